The van der Waals surface area contributed by atoms with Gasteiger partial charge in [-0.1, -0.05) is 53.2 Å². The van der Waals surface area contributed by atoms with Gasteiger partial charge in [0.1, 0.15) is 98.0 Å². The lowest BCUT2D eigenvalue weighted by Gasteiger charge is -2.72. The molecular formula is C60H94O28. The summed E-state index contributed by atoms with van der Waals surface area (Å²) in [6.45, 7) is 12.6. The summed E-state index contributed by atoms with van der Waals surface area (Å²) in [6.07, 6.45) is -31.6. The first kappa shape index (κ1) is 69.2. The van der Waals surface area contributed by atoms with Gasteiger partial charge in [0.15, 0.2) is 25.0 Å². The number of esters is 4. The van der Waals surface area contributed by atoms with Gasteiger partial charge >= 0.3 is 23.9 Å². The van der Waals surface area contributed by atoms with E-state index in [1.807, 2.05) is 0 Å². The largest absolute Gasteiger partial charge is 0.463 e. The Balaban J connectivity index is 1.12. The molecule has 28 nitrogen and oxygen atoms in total. The van der Waals surface area contributed by atoms with Crippen molar-refractivity contribution in [3.05, 3.63) is 11.6 Å². The highest BCUT2D eigenvalue weighted by Gasteiger charge is 2.74. The van der Waals surface area contributed by atoms with Gasteiger partial charge in [-0.15, -0.1) is 0 Å². The number of hydrogen-bond acceptors (Lipinski definition) is 28. The standard InChI is InChI=1S/C60H94O28/c1-25(64)16-38(68)79-23-33-41(71)45(75)50(83-33)86-48-44(74)40(70)32(21-62)82-52(48)85-37-19-59(9)28(29-17-55(4,5)14-15-60(29,37)54(77)88-53-47(80-27(3)66)42(72)34(84-53)22-78-26(2)65)10-11-36-56(6)18-30(67)49(57(7,24-63)35(56)12-13-58(36,59)8)87-51-46(76)43(73)39(69)31(20-61)81-51/h10,25,29-37,39-53,61-64,67,69-76H,11-24H2,1-9H3. The van der Waals surface area contributed by atoms with Crippen LogP contribution in [-0.2, 0) is 71.3 Å². The molecule has 0 bridgehead atoms. The van der Waals surface area contributed by atoms with E-state index in [2.05, 4.69) is 40.7 Å². The Labute approximate surface area is 510 Å². The summed E-state index contributed by atoms with van der Waals surface area (Å²) in [7, 11) is 0. The fourth-order valence-electron chi connectivity index (χ4n) is 17.3. The maximum absolute atomic E-state index is 16.2. The third-order valence-corrected chi connectivity index (χ3v) is 22.1. The minimum Gasteiger partial charge on any atom is -0.463 e. The first-order chi connectivity index (χ1) is 41.2. The molecule has 4 aliphatic heterocycles. The molecule has 4 heterocycles. The van der Waals surface area contributed by atoms with E-state index in [1.54, 1.807) is 6.92 Å². The number of aliphatic hydroxyl groups is 13. The van der Waals surface area contributed by atoms with Crippen LogP contribution >= 0.6 is 0 Å². The monoisotopic (exact) mass is 1260 g/mol. The molecule has 0 radical (unpaired) electrons. The fourth-order valence-corrected chi connectivity index (χ4v) is 17.3. The summed E-state index contributed by atoms with van der Waals surface area (Å²) in [5.74, 6) is -4.82. The van der Waals surface area contributed by atoms with Crippen molar-refractivity contribution in [3.63, 3.8) is 0 Å². The van der Waals surface area contributed by atoms with Crippen molar-refractivity contribution in [3.8, 4) is 0 Å². The number of ether oxygens (including phenoxy) is 11. The Morgan fingerprint density at radius 2 is 1.18 bits per heavy atom. The summed E-state index contributed by atoms with van der Waals surface area (Å²) in [4.78, 5) is 53.2. The van der Waals surface area contributed by atoms with Crippen LogP contribution in [-0.4, -0.2) is 258 Å². The number of aliphatic hydroxyl groups excluding tert-OH is 13. The van der Waals surface area contributed by atoms with Crippen LogP contribution < -0.4 is 0 Å². The molecule has 0 aromatic carbocycles. The van der Waals surface area contributed by atoms with E-state index in [9.17, 15) is 80.8 Å². The minimum atomic E-state index is -1.99. The normalized spacial score (nSPS) is 49.2. The molecule has 0 aromatic rings. The van der Waals surface area contributed by atoms with Crippen molar-refractivity contribution in [2.45, 2.75) is 255 Å². The molecule has 0 spiro atoms. The molecule has 30 unspecified atom stereocenters. The van der Waals surface area contributed by atoms with Crippen LogP contribution in [0.2, 0.25) is 0 Å². The Morgan fingerprint density at radius 3 is 1.81 bits per heavy atom. The van der Waals surface area contributed by atoms with Gasteiger partial charge in [0.25, 0.3) is 0 Å². The zero-order valence-electron chi connectivity index (χ0n) is 51.3. The molecule has 502 valence electrons. The van der Waals surface area contributed by atoms with Crippen molar-refractivity contribution < 1.29 is 138 Å². The number of carbonyl (C=O) groups excluding carboxylic acids is 4. The lowest BCUT2D eigenvalue weighted by Crippen LogP contribution is -2.71. The van der Waals surface area contributed by atoms with Crippen LogP contribution in [0.1, 0.15) is 120 Å². The quantitative estimate of drug-likeness (QED) is 0.0295. The lowest BCUT2D eigenvalue weighted by atomic mass is 9.33. The first-order valence-corrected chi connectivity index (χ1v) is 30.8. The molecule has 28 heteroatoms. The summed E-state index contributed by atoms with van der Waals surface area (Å²) in [5, 5.41) is 144. The average molecular weight is 1260 g/mol. The van der Waals surface area contributed by atoms with Crippen molar-refractivity contribution in [2.24, 2.45) is 50.2 Å². The van der Waals surface area contributed by atoms with Gasteiger partial charge < -0.3 is 118 Å². The number of hydrogen-bond donors (Lipinski definition) is 13. The van der Waals surface area contributed by atoms with Crippen LogP contribution in [0.4, 0.5) is 0 Å². The molecule has 4 saturated carbocycles. The van der Waals surface area contributed by atoms with E-state index < -0.39 is 236 Å². The number of rotatable bonds is 18. The molecule has 30 atom stereocenters. The van der Waals surface area contributed by atoms with Crippen LogP contribution in [0, 0.1) is 50.2 Å². The molecule has 9 rings (SSSR count). The summed E-state index contributed by atoms with van der Waals surface area (Å²) in [6, 6.07) is 0. The second kappa shape index (κ2) is 26.0. The molecule has 8 fully saturated rings. The summed E-state index contributed by atoms with van der Waals surface area (Å²) < 4.78 is 66.2. The predicted molar refractivity (Wildman–Crippen MR) is 294 cm³/mol. The van der Waals surface area contributed by atoms with Gasteiger partial charge in [-0.05, 0) is 97.7 Å². The van der Waals surface area contributed by atoms with Crippen molar-refractivity contribution >= 4 is 23.9 Å². The van der Waals surface area contributed by atoms with Crippen molar-refractivity contribution in [2.75, 3.05) is 33.0 Å². The van der Waals surface area contributed by atoms with Gasteiger partial charge in [-0.25, -0.2) is 0 Å². The average Bonchev–Trinajstić information content (AvgIpc) is 0.771. The van der Waals surface area contributed by atoms with Crippen LogP contribution in [0.25, 0.3) is 0 Å². The Hall–Kier alpha value is -3.18. The fraction of sp³-hybridized carbons (Fsp3) is 0.900. The highest BCUT2D eigenvalue weighted by Crippen LogP contribution is 2.76. The second-order valence-electron chi connectivity index (χ2n) is 28.2. The molecule has 13 N–H and O–H groups in total. The van der Waals surface area contributed by atoms with E-state index in [0.29, 0.717) is 32.1 Å². The van der Waals surface area contributed by atoms with Crippen LogP contribution in [0.5, 0.6) is 0 Å². The topological polar surface area (TPSA) is 433 Å². The first-order valence-electron chi connectivity index (χ1n) is 30.8. The zero-order valence-corrected chi connectivity index (χ0v) is 51.3. The highest BCUT2D eigenvalue weighted by atomic mass is 16.8. The molecule has 88 heavy (non-hydrogen) atoms. The highest BCUT2D eigenvalue weighted by molar-refractivity contribution is 5.80. The molecule has 5 aliphatic carbocycles. The van der Waals surface area contributed by atoms with Crippen molar-refractivity contribution in [1.29, 1.82) is 0 Å². The van der Waals surface area contributed by atoms with E-state index >= 15 is 4.79 Å². The number of fused-ring (bicyclic) bond motifs is 7. The van der Waals surface area contributed by atoms with Gasteiger partial charge in [0, 0.05) is 19.3 Å². The van der Waals surface area contributed by atoms with Crippen molar-refractivity contribution in [1.82, 2.24) is 0 Å². The molecule has 4 saturated heterocycles. The SMILES string of the molecule is CC(=O)OCC1OC(OC(=O)C23CCC(C)(C)CC2C2=CCC4C5(C)CC(O)C(OC6OC(CO)C(O)C(O)C6O)C(C)(CO)C5CCC4(C)C2(C)CC3OC2OC(CO)C(O)C(O)C2OC2OC(COC(=O)CC(C)O)C(O)C2O)C(OC(C)=O)C1O. The van der Waals surface area contributed by atoms with Gasteiger partial charge in [0.2, 0.25) is 6.29 Å². The van der Waals surface area contributed by atoms with Gasteiger partial charge in [-0.2, -0.15) is 0 Å². The van der Waals surface area contributed by atoms with E-state index in [0.717, 1.165) is 19.4 Å². The van der Waals surface area contributed by atoms with Crippen LogP contribution in [0.15, 0.2) is 11.6 Å². The second-order valence-corrected chi connectivity index (χ2v) is 28.2. The van der Waals surface area contributed by atoms with Gasteiger partial charge in [0.05, 0.1) is 50.7 Å². The van der Waals surface area contributed by atoms with Crippen LogP contribution in [0.3, 0.4) is 0 Å². The molecule has 0 amide bonds. The smallest absolute Gasteiger partial charge is 0.317 e. The van der Waals surface area contributed by atoms with E-state index in [4.69, 9.17) is 52.1 Å². The maximum Gasteiger partial charge on any atom is 0.317 e. The van der Waals surface area contributed by atoms with E-state index in [1.165, 1.54) is 6.92 Å². The molecule has 9 aliphatic rings. The molecular weight excluding hydrogens is 1170 g/mol. The molecule has 0 aromatic heterocycles. The third kappa shape index (κ3) is 12.1. The van der Waals surface area contributed by atoms with Gasteiger partial charge in [-0.3, -0.25) is 19.2 Å². The Morgan fingerprint density at radius 1 is 0.602 bits per heavy atom. The predicted octanol–water partition coefficient (Wildman–Crippen LogP) is -2.38. The zero-order chi connectivity index (χ0) is 64.7. The minimum absolute atomic E-state index is 0.0337. The Bertz CT molecular complexity index is 2530. The number of carbonyl (C=O) groups is 4. The number of allylic oxidation sites excluding steroid dienone is 2. The lowest BCUT2D eigenvalue weighted by molar-refractivity contribution is -0.358. The summed E-state index contributed by atoms with van der Waals surface area (Å²) in [5.41, 5.74) is -5.19. The Kier molecular flexibility index (Phi) is 20.4. The third-order valence-electron chi connectivity index (χ3n) is 22.1. The van der Waals surface area contributed by atoms with E-state index in [-0.39, 0.29) is 31.6 Å². The summed E-state index contributed by atoms with van der Waals surface area (Å²) >= 11 is 0. The maximum atomic E-state index is 16.2.